The minimum Gasteiger partial charge on any atom is -0.496 e. The first-order chi connectivity index (χ1) is 42.7. The molecule has 2 aromatic carbocycles. The van der Waals surface area contributed by atoms with E-state index in [4.69, 9.17) is 29.4 Å². The lowest BCUT2D eigenvalue weighted by Gasteiger charge is -2.42. The molecule has 484 valence electrons. The molecule has 3 aliphatic rings. The van der Waals surface area contributed by atoms with Crippen LogP contribution in [0.15, 0.2) is 77.3 Å². The highest BCUT2D eigenvalue weighted by atomic mass is 33.1. The molecule has 30 heteroatoms. The van der Waals surface area contributed by atoms with Crippen LogP contribution in [0.5, 0.6) is 5.75 Å². The highest BCUT2D eigenvalue weighted by Crippen LogP contribution is 2.49. The predicted molar refractivity (Wildman–Crippen MR) is 334 cm³/mol. The Morgan fingerprint density at radius 3 is 2.41 bits per heavy atom. The molecule has 0 aliphatic carbocycles. The number of nitrogen functional groups attached to an aromatic ring is 1. The van der Waals surface area contributed by atoms with E-state index in [-0.39, 0.29) is 78.9 Å². The molecule has 0 spiro atoms. The number of hydrogen-bond donors (Lipinski definition) is 10. The summed E-state index contributed by atoms with van der Waals surface area (Å²) in [5, 5.41) is 44.8. The van der Waals surface area contributed by atoms with E-state index < -0.39 is 113 Å². The zero-order valence-electron chi connectivity index (χ0n) is 50.9. The van der Waals surface area contributed by atoms with Crippen molar-refractivity contribution in [3.8, 4) is 5.75 Å². The van der Waals surface area contributed by atoms with Gasteiger partial charge in [-0.3, -0.25) is 39.1 Å². The van der Waals surface area contributed by atoms with Crippen molar-refractivity contribution >= 4 is 104 Å². The number of anilines is 3. The first-order valence-corrected chi connectivity index (χ1v) is 31.2. The highest BCUT2D eigenvalue weighted by Gasteiger charge is 2.64. The van der Waals surface area contributed by atoms with E-state index in [1.54, 1.807) is 71.2 Å². The Morgan fingerprint density at radius 2 is 1.72 bits per heavy atom. The summed E-state index contributed by atoms with van der Waals surface area (Å²) in [5.41, 5.74) is 5.73. The molecule has 0 radical (unpaired) electrons. The van der Waals surface area contributed by atoms with Crippen molar-refractivity contribution in [2.24, 2.45) is 11.8 Å². The largest absolute Gasteiger partial charge is 0.496 e. The van der Waals surface area contributed by atoms with Gasteiger partial charge in [0.1, 0.15) is 41.7 Å². The molecule has 2 aromatic heterocycles. The lowest BCUT2D eigenvalue weighted by Crippen LogP contribution is -2.63. The number of fused-ring (bicyclic) bond motifs is 6. The Labute approximate surface area is 525 Å². The van der Waals surface area contributed by atoms with Crippen molar-refractivity contribution in [2.75, 3.05) is 55.3 Å². The molecule has 28 nitrogen and oxygen atoms in total. The number of carbonyl (C=O) groups excluding carboxylic acids is 6. The fraction of sp³-hybridized carbons (Fsp3) is 0.467. The molecule has 2 saturated heterocycles. The lowest BCUT2D eigenvalue weighted by molar-refractivity contribution is -0.157. The van der Waals surface area contributed by atoms with Gasteiger partial charge in [0, 0.05) is 74.2 Å². The maximum absolute atomic E-state index is 14.6. The molecular formula is C60H75N11O17S2. The Balaban J connectivity index is 0.909. The number of amides is 5. The predicted octanol–water partition coefficient (Wildman–Crippen LogP) is 4.02. The van der Waals surface area contributed by atoms with Gasteiger partial charge >= 0.3 is 24.0 Å². The summed E-state index contributed by atoms with van der Waals surface area (Å²) in [6, 6.07) is 6.85. The third kappa shape index (κ3) is 18.1. The topological polar surface area (TPSA) is 408 Å². The van der Waals surface area contributed by atoms with Gasteiger partial charge in [-0.15, -0.1) is 0 Å². The number of H-pyrrole nitrogens is 1. The number of allylic oxidation sites excluding steroid dienone is 3. The molecule has 3 aliphatic heterocycles. The quantitative estimate of drug-likeness (QED) is 0.0205. The molecule has 9 atom stereocenters. The van der Waals surface area contributed by atoms with Crippen LogP contribution < -0.4 is 47.5 Å². The van der Waals surface area contributed by atoms with Gasteiger partial charge in [0.15, 0.2) is 16.9 Å². The highest BCUT2D eigenvalue weighted by molar-refractivity contribution is 8.76. The number of carbonyl (C=O) groups is 8. The third-order valence-corrected chi connectivity index (χ3v) is 17.6. The average molecular weight is 1290 g/mol. The lowest BCUT2D eigenvalue weighted by atomic mass is 9.83. The molecule has 4 aromatic rings. The van der Waals surface area contributed by atoms with Crippen molar-refractivity contribution in [1.29, 1.82) is 0 Å². The second kappa shape index (κ2) is 30.8. The first kappa shape index (κ1) is 68.9. The van der Waals surface area contributed by atoms with Gasteiger partial charge in [0.2, 0.25) is 23.7 Å². The Hall–Kier alpha value is -8.58. The maximum atomic E-state index is 14.6. The number of alkyl carbamates (subject to hydrolysis) is 1. The van der Waals surface area contributed by atoms with Crippen molar-refractivity contribution < 1.29 is 77.4 Å². The Kier molecular flexibility index (Phi) is 23.5. The summed E-state index contributed by atoms with van der Waals surface area (Å²) in [7, 11) is 6.81. The standard InChI is InChI=1S/C60H75N11O17S2/c1-31(2)56(81)87-45-26-48(74)71(6)41-24-34(23-32(3)11-9-13-44(85-8)60(83)27-43(86-58(82)70-60)33(4)50-59(45,5)88-50)25-42(84-7)38(41)12-10-21-62-46(72)20-22-89-90-30-40(55(79)80)66-47(73)19-18-39(54(77)78)67-52(75)35-14-16-36(17-15-35)63-28-37-29-64-51-49(65-37)53(76)69-57(61)68-51/h9-17,24-25,29,31,33,39-40,43-45,50,63,83H,18-23,26-28,30H2,1-8H3,(H,62,72)(H,66,73)(H,67,75)(H,70,82)(H,77,78)(H,79,80)(H3,61,64,68,69,76)/b12-10+,13-9+,32-11+/t33-,39+,40+,43+,44-,45+,50+,59+,60+/m1/s1. The maximum Gasteiger partial charge on any atom is 0.409 e. The molecule has 4 bridgehead atoms. The summed E-state index contributed by atoms with van der Waals surface area (Å²) >= 11 is 0. The van der Waals surface area contributed by atoms with Crippen LogP contribution in [0.1, 0.15) is 93.9 Å². The summed E-state index contributed by atoms with van der Waals surface area (Å²) in [6.45, 7) is 8.98. The fourth-order valence-corrected chi connectivity index (χ4v) is 12.2. The van der Waals surface area contributed by atoms with E-state index in [0.29, 0.717) is 34.8 Å². The van der Waals surface area contributed by atoms with Crippen LogP contribution in [0.3, 0.4) is 0 Å². The molecule has 0 unspecified atom stereocenters. The van der Waals surface area contributed by atoms with Gasteiger partial charge in [-0.1, -0.05) is 78.3 Å². The molecular weight excluding hydrogens is 1210 g/mol. The number of carboxylic acid groups (broad SMARTS) is 2. The molecule has 0 saturated carbocycles. The number of benzene rings is 2. The molecule has 7 rings (SSSR count). The van der Waals surface area contributed by atoms with Crippen molar-refractivity contribution in [3.05, 3.63) is 105 Å². The second-order valence-corrected chi connectivity index (χ2v) is 24.9. The summed E-state index contributed by atoms with van der Waals surface area (Å²) in [5.74, 6) is -6.14. The first-order valence-electron chi connectivity index (χ1n) is 28.7. The van der Waals surface area contributed by atoms with Crippen molar-refractivity contribution in [2.45, 2.75) is 128 Å². The van der Waals surface area contributed by atoms with Crippen LogP contribution in [-0.4, -0.2) is 170 Å². The number of carboxylic acids is 2. The third-order valence-electron chi connectivity index (χ3n) is 15.2. The monoisotopic (exact) mass is 1290 g/mol. The number of epoxide rings is 1. The number of hydrogen-bond acceptors (Lipinski definition) is 22. The number of aliphatic hydroxyl groups is 1. The Bertz CT molecular complexity index is 3490. The van der Waals surface area contributed by atoms with E-state index in [0.717, 1.165) is 21.9 Å². The van der Waals surface area contributed by atoms with Crippen LogP contribution in [-0.2, 0) is 60.7 Å². The zero-order valence-corrected chi connectivity index (χ0v) is 52.5. The average Bonchev–Trinajstić information content (AvgIpc) is 1.59. The number of aromatic amines is 1. The van der Waals surface area contributed by atoms with E-state index in [1.165, 1.54) is 48.2 Å². The fourth-order valence-electron chi connectivity index (χ4n) is 10.1. The number of ether oxygens (including phenoxy) is 5. The van der Waals surface area contributed by atoms with Crippen LogP contribution >= 0.6 is 21.6 Å². The molecule has 90 heavy (non-hydrogen) atoms. The van der Waals surface area contributed by atoms with E-state index in [1.807, 2.05) is 25.1 Å². The second-order valence-electron chi connectivity index (χ2n) is 22.3. The number of aromatic nitrogens is 4. The molecule has 11 N–H and O–H groups in total. The number of rotatable bonds is 24. The van der Waals surface area contributed by atoms with Crippen LogP contribution in [0.2, 0.25) is 0 Å². The van der Waals surface area contributed by atoms with Gasteiger partial charge in [-0.25, -0.2) is 24.4 Å². The summed E-state index contributed by atoms with van der Waals surface area (Å²) in [6.07, 6.45) is 4.83. The summed E-state index contributed by atoms with van der Waals surface area (Å²) < 4.78 is 29.6. The van der Waals surface area contributed by atoms with Crippen molar-refractivity contribution in [3.63, 3.8) is 0 Å². The summed E-state index contributed by atoms with van der Waals surface area (Å²) in [4.78, 5) is 132. The number of aliphatic carboxylic acids is 2. The van der Waals surface area contributed by atoms with Gasteiger partial charge < -0.3 is 70.9 Å². The Morgan fingerprint density at radius 1 is 0.989 bits per heavy atom. The molecule has 2 fully saturated rings. The number of methoxy groups -OCH3 is 2. The SMILES string of the molecule is COc1cc2cc(c1/C=C/CNC(=O)CCSSC[C@H](NC(=O)CC[C@H](NC(=O)c1ccc(NCc3cnc4nc(N)[nH]c(=O)c4n3)cc1)C(=O)O)C(=O)O)N(C)C(=O)C[C@H](OC(=O)C(C)C)[C@]1(C)O[C@H]1[C@H](C)[C@@H]1C[C@@](O)(NC(=O)O1)[C@H](OC)/C=C/C=C(\C)C2. The number of nitrogens with two attached hydrogens (primary N) is 1. The van der Waals surface area contributed by atoms with E-state index in [2.05, 4.69) is 46.5 Å². The minimum atomic E-state index is -1.86. The minimum absolute atomic E-state index is 0.00869. The van der Waals surface area contributed by atoms with Crippen LogP contribution in [0, 0.1) is 11.8 Å². The smallest absolute Gasteiger partial charge is 0.409 e. The van der Waals surface area contributed by atoms with E-state index in [9.17, 15) is 58.5 Å². The zero-order chi connectivity index (χ0) is 65.6. The van der Waals surface area contributed by atoms with Gasteiger partial charge in [-0.05, 0) is 68.7 Å². The number of esters is 1. The van der Waals surface area contributed by atoms with Gasteiger partial charge in [-0.2, -0.15) is 4.98 Å². The molecule has 5 heterocycles. The van der Waals surface area contributed by atoms with Gasteiger partial charge in [0.05, 0.1) is 49.7 Å². The normalized spacial score (nSPS) is 23.4. The van der Waals surface area contributed by atoms with Crippen LogP contribution in [0.4, 0.5) is 22.1 Å². The number of nitrogens with one attached hydrogen (secondary N) is 6. The van der Waals surface area contributed by atoms with Crippen LogP contribution in [0.25, 0.3) is 17.2 Å². The van der Waals surface area contributed by atoms with E-state index >= 15 is 0 Å². The number of nitrogens with zero attached hydrogens (tertiary/aromatic N) is 4. The van der Waals surface area contributed by atoms with Gasteiger partial charge in [0.25, 0.3) is 11.5 Å². The van der Waals surface area contributed by atoms with Crippen molar-refractivity contribution in [1.82, 2.24) is 41.2 Å². The molecule has 5 amide bonds.